The van der Waals surface area contributed by atoms with Gasteiger partial charge in [-0.05, 0) is 53.1 Å². The third-order valence-corrected chi connectivity index (χ3v) is 7.38. The van der Waals surface area contributed by atoms with Crippen LogP contribution in [0.5, 0.6) is 0 Å². The molecule has 1 amide bonds. The van der Waals surface area contributed by atoms with Crippen LogP contribution in [0.15, 0.2) is 72.9 Å². The van der Waals surface area contributed by atoms with Gasteiger partial charge in [0.25, 0.3) is 0 Å². The van der Waals surface area contributed by atoms with Crippen molar-refractivity contribution < 1.29 is 32.3 Å². The standard InChI is InChI=1S/C28H25F3N4O2.CO2/c29-28(30,31)22-7-8-24(19-6-9-25-20(14-19)16-32-33-25)21(15-22)17-34-12-10-27(11-13-34)18-35(26(36)37-27)23-4-2-1-3-5-23;2-1-3/h1-9,14-16H,10-13,17-18H2,(H,32,33);. The van der Waals surface area contributed by atoms with E-state index in [0.717, 1.165) is 33.8 Å². The average molecular weight is 551 g/mol. The van der Waals surface area contributed by atoms with Crippen molar-refractivity contribution in [1.82, 2.24) is 15.1 Å². The molecule has 1 aromatic heterocycles. The molecule has 2 aliphatic rings. The van der Waals surface area contributed by atoms with E-state index in [0.29, 0.717) is 44.6 Å². The molecule has 0 unspecified atom stereocenters. The van der Waals surface area contributed by atoms with Crippen molar-refractivity contribution >= 4 is 28.8 Å². The lowest BCUT2D eigenvalue weighted by Crippen LogP contribution is -2.46. The first-order valence-electron chi connectivity index (χ1n) is 12.6. The first-order chi connectivity index (χ1) is 19.2. The molecular weight excluding hydrogens is 525 g/mol. The summed E-state index contributed by atoms with van der Waals surface area (Å²) < 4.78 is 46.6. The second-order valence-corrected chi connectivity index (χ2v) is 9.87. The van der Waals surface area contributed by atoms with Crippen LogP contribution in [0.4, 0.5) is 23.7 Å². The molecular formula is C29H25F3N4O4. The number of benzene rings is 3. The number of likely N-dealkylation sites (tertiary alicyclic amines) is 1. The maximum absolute atomic E-state index is 13.6. The first kappa shape index (κ1) is 27.1. The van der Waals surface area contributed by atoms with Crippen LogP contribution in [0.25, 0.3) is 22.0 Å². The maximum atomic E-state index is 13.6. The second kappa shape index (κ2) is 11.0. The van der Waals surface area contributed by atoms with Crippen molar-refractivity contribution in [3.8, 4) is 11.1 Å². The number of halogens is 3. The summed E-state index contributed by atoms with van der Waals surface area (Å²) in [6.07, 6.45) is -1.58. The smallest absolute Gasteiger partial charge is 0.416 e. The monoisotopic (exact) mass is 550 g/mol. The second-order valence-electron chi connectivity index (χ2n) is 9.87. The maximum Gasteiger partial charge on any atom is 0.416 e. The van der Waals surface area contributed by atoms with Crippen LogP contribution in [-0.4, -0.2) is 52.6 Å². The fraction of sp³-hybridized carbons (Fsp3) is 0.276. The fourth-order valence-electron chi connectivity index (χ4n) is 5.34. The highest BCUT2D eigenvalue weighted by atomic mass is 19.4. The lowest BCUT2D eigenvalue weighted by molar-refractivity contribution is -0.191. The van der Waals surface area contributed by atoms with E-state index in [1.807, 2.05) is 48.5 Å². The first-order valence-corrected chi connectivity index (χ1v) is 12.6. The number of nitrogens with one attached hydrogen (secondary N) is 1. The van der Waals surface area contributed by atoms with Crippen molar-refractivity contribution in [2.45, 2.75) is 31.2 Å². The Bertz CT molecular complexity index is 1540. The zero-order chi connectivity index (χ0) is 28.3. The lowest BCUT2D eigenvalue weighted by Gasteiger charge is -2.37. The van der Waals surface area contributed by atoms with Crippen LogP contribution < -0.4 is 4.90 Å². The summed E-state index contributed by atoms with van der Waals surface area (Å²) in [5, 5.41) is 7.84. The van der Waals surface area contributed by atoms with Gasteiger partial charge < -0.3 is 4.74 Å². The number of aromatic amines is 1. The van der Waals surface area contributed by atoms with Crippen molar-refractivity contribution in [3.05, 3.63) is 84.1 Å². The van der Waals surface area contributed by atoms with Gasteiger partial charge in [0.15, 0.2) is 0 Å². The summed E-state index contributed by atoms with van der Waals surface area (Å²) in [4.78, 5) is 32.7. The topological polar surface area (TPSA) is 95.6 Å². The van der Waals surface area contributed by atoms with Gasteiger partial charge in [0.1, 0.15) is 5.60 Å². The Hall–Kier alpha value is -4.47. The minimum Gasteiger partial charge on any atom is -0.441 e. The molecule has 0 saturated carbocycles. The number of alkyl halides is 3. The predicted octanol–water partition coefficient (Wildman–Crippen LogP) is 5.66. The van der Waals surface area contributed by atoms with Gasteiger partial charge in [-0.1, -0.05) is 30.3 Å². The molecule has 6 rings (SSSR count). The highest BCUT2D eigenvalue weighted by Crippen LogP contribution is 2.38. The molecule has 2 aliphatic heterocycles. The van der Waals surface area contributed by atoms with E-state index in [1.165, 1.54) is 6.07 Å². The number of aromatic nitrogens is 2. The summed E-state index contributed by atoms with van der Waals surface area (Å²) in [5.74, 6) is 0. The van der Waals surface area contributed by atoms with Gasteiger partial charge in [0.05, 0.1) is 23.8 Å². The quantitative estimate of drug-likeness (QED) is 0.353. The van der Waals surface area contributed by atoms with Gasteiger partial charge in [0.2, 0.25) is 0 Å². The van der Waals surface area contributed by atoms with Crippen LogP contribution in [0, 0.1) is 0 Å². The molecule has 0 atom stereocenters. The third kappa shape index (κ3) is 5.61. The SMILES string of the molecule is O=C1OC2(CCN(Cc3cc(C(F)(F)F)ccc3-c3ccc4[nH]ncc4c3)CC2)CN1c1ccccc1.O=C=O. The van der Waals surface area contributed by atoms with Crippen molar-refractivity contribution in [3.63, 3.8) is 0 Å². The number of amides is 1. The average Bonchev–Trinajstić information content (AvgIpc) is 3.54. The van der Waals surface area contributed by atoms with E-state index < -0.39 is 17.3 Å². The number of ether oxygens (including phenoxy) is 1. The summed E-state index contributed by atoms with van der Waals surface area (Å²) in [5.41, 5.74) is 2.65. The van der Waals surface area contributed by atoms with Gasteiger partial charge in [-0.15, -0.1) is 0 Å². The lowest BCUT2D eigenvalue weighted by atomic mass is 9.90. The molecule has 1 spiro atoms. The number of nitrogens with zero attached hydrogens (tertiary/aromatic N) is 3. The molecule has 40 heavy (non-hydrogen) atoms. The third-order valence-electron chi connectivity index (χ3n) is 7.38. The zero-order valence-corrected chi connectivity index (χ0v) is 21.3. The van der Waals surface area contributed by atoms with E-state index >= 15 is 0 Å². The molecule has 0 aliphatic carbocycles. The van der Waals surface area contributed by atoms with Crippen LogP contribution in [0.1, 0.15) is 24.0 Å². The summed E-state index contributed by atoms with van der Waals surface area (Å²) in [6.45, 7) is 2.08. The Balaban J connectivity index is 0.00000103. The minimum absolute atomic E-state index is 0.250. The van der Waals surface area contributed by atoms with Crippen molar-refractivity contribution in [2.75, 3.05) is 24.5 Å². The predicted molar refractivity (Wildman–Crippen MR) is 139 cm³/mol. The van der Waals surface area contributed by atoms with Gasteiger partial charge in [-0.2, -0.15) is 27.9 Å². The number of piperidine rings is 1. The van der Waals surface area contributed by atoms with Gasteiger partial charge in [-0.25, -0.2) is 4.79 Å². The molecule has 0 bridgehead atoms. The Labute approximate surface area is 227 Å². The summed E-state index contributed by atoms with van der Waals surface area (Å²) in [7, 11) is 0. The van der Waals surface area contributed by atoms with Gasteiger partial charge in [0, 0.05) is 43.5 Å². The Kier molecular flexibility index (Phi) is 7.42. The normalized spacial score (nSPS) is 16.9. The molecule has 0 radical (unpaired) electrons. The number of hydrogen-bond donors (Lipinski definition) is 1. The molecule has 3 aromatic carbocycles. The van der Waals surface area contributed by atoms with Crippen LogP contribution >= 0.6 is 0 Å². The largest absolute Gasteiger partial charge is 0.441 e. The van der Waals surface area contributed by atoms with Crippen LogP contribution in [-0.2, 0) is 27.0 Å². The van der Waals surface area contributed by atoms with Crippen molar-refractivity contribution in [2.24, 2.45) is 0 Å². The minimum atomic E-state index is -4.42. The number of H-pyrrole nitrogens is 1. The number of fused-ring (bicyclic) bond motifs is 1. The number of anilines is 1. The van der Waals surface area contributed by atoms with E-state index in [-0.39, 0.29) is 12.2 Å². The van der Waals surface area contributed by atoms with Gasteiger partial charge >= 0.3 is 18.4 Å². The molecule has 3 heterocycles. The van der Waals surface area contributed by atoms with Crippen LogP contribution in [0.3, 0.4) is 0 Å². The van der Waals surface area contributed by atoms with Gasteiger partial charge in [-0.3, -0.25) is 14.9 Å². The Morgan fingerprint density at radius 2 is 1.73 bits per heavy atom. The highest BCUT2D eigenvalue weighted by Gasteiger charge is 2.47. The molecule has 8 nitrogen and oxygen atoms in total. The van der Waals surface area contributed by atoms with Crippen LogP contribution in [0.2, 0.25) is 0 Å². The Morgan fingerprint density at radius 1 is 1.00 bits per heavy atom. The van der Waals surface area contributed by atoms with E-state index in [4.69, 9.17) is 14.3 Å². The molecule has 2 fully saturated rings. The number of hydrogen-bond acceptors (Lipinski definition) is 6. The molecule has 4 aromatic rings. The Morgan fingerprint density at radius 3 is 2.42 bits per heavy atom. The molecule has 11 heteroatoms. The number of carbonyl (C=O) groups excluding carboxylic acids is 3. The summed E-state index contributed by atoms with van der Waals surface area (Å²) in [6, 6.07) is 19.1. The zero-order valence-electron chi connectivity index (χ0n) is 21.3. The number of carbonyl (C=O) groups is 1. The van der Waals surface area contributed by atoms with Crippen molar-refractivity contribution in [1.29, 1.82) is 0 Å². The molecule has 2 saturated heterocycles. The van der Waals surface area contributed by atoms with E-state index in [9.17, 15) is 18.0 Å². The number of rotatable bonds is 4. The summed E-state index contributed by atoms with van der Waals surface area (Å²) >= 11 is 0. The fourth-order valence-corrected chi connectivity index (χ4v) is 5.34. The molecule has 1 N–H and O–H groups in total. The van der Waals surface area contributed by atoms with E-state index in [1.54, 1.807) is 17.2 Å². The van der Waals surface area contributed by atoms with E-state index in [2.05, 4.69) is 15.1 Å². The highest BCUT2D eigenvalue weighted by molar-refractivity contribution is 5.90. The molecule has 206 valence electrons. The number of para-hydroxylation sites is 1.